The molecule has 1 rings (SSSR count). The van der Waals surface area contributed by atoms with Crippen molar-refractivity contribution in [2.24, 2.45) is 0 Å². The Morgan fingerprint density at radius 1 is 1.23 bits per heavy atom. The van der Waals surface area contributed by atoms with Crippen molar-refractivity contribution in [3.8, 4) is 0 Å². The number of rotatable bonds is 2. The third-order valence-electron chi connectivity index (χ3n) is 2.11. The quantitative estimate of drug-likeness (QED) is 0.386. The fourth-order valence-corrected chi connectivity index (χ4v) is 1.36. The van der Waals surface area contributed by atoms with Gasteiger partial charge >= 0.3 is 0 Å². The lowest BCUT2D eigenvalue weighted by molar-refractivity contribution is -0.290. The molecule has 0 radical (unpaired) electrons. The van der Waals surface area contributed by atoms with Crippen LogP contribution in [0.2, 0.25) is 0 Å². The van der Waals surface area contributed by atoms with Crippen LogP contribution in [0.15, 0.2) is 0 Å². The Kier molecular flexibility index (Phi) is 3.60. The minimum Gasteiger partial charge on any atom is -0.394 e. The summed E-state index contributed by atoms with van der Waals surface area (Å²) in [6, 6.07) is 0. The van der Waals surface area contributed by atoms with Gasteiger partial charge in [-0.2, -0.15) is 0 Å². The SMILES string of the molecule is CO[C@H]1C(CO)O[C@@H](O)C(O)[C@@H]1O. The number of ether oxygens (including phenoxy) is 2. The highest BCUT2D eigenvalue weighted by Gasteiger charge is 2.43. The predicted molar refractivity (Wildman–Crippen MR) is 40.8 cm³/mol. The molecule has 6 nitrogen and oxygen atoms in total. The van der Waals surface area contributed by atoms with Crippen molar-refractivity contribution in [2.75, 3.05) is 13.7 Å². The Morgan fingerprint density at radius 2 is 1.85 bits per heavy atom. The van der Waals surface area contributed by atoms with Crippen LogP contribution in [0.5, 0.6) is 0 Å². The monoisotopic (exact) mass is 194 g/mol. The second-order valence-corrected chi connectivity index (χ2v) is 2.93. The first-order valence-electron chi connectivity index (χ1n) is 3.95. The topological polar surface area (TPSA) is 99.4 Å². The van der Waals surface area contributed by atoms with Gasteiger partial charge in [-0.1, -0.05) is 0 Å². The molecule has 0 saturated carbocycles. The van der Waals surface area contributed by atoms with Crippen molar-refractivity contribution >= 4 is 0 Å². The fraction of sp³-hybridized carbons (Fsp3) is 1.00. The van der Waals surface area contributed by atoms with Crippen molar-refractivity contribution in [1.29, 1.82) is 0 Å². The maximum Gasteiger partial charge on any atom is 0.184 e. The number of hydrogen-bond donors (Lipinski definition) is 4. The van der Waals surface area contributed by atoms with Gasteiger partial charge in [0.2, 0.25) is 0 Å². The molecular weight excluding hydrogens is 180 g/mol. The zero-order chi connectivity index (χ0) is 10.0. The predicted octanol–water partition coefficient (Wildman–Crippen LogP) is -2.57. The van der Waals surface area contributed by atoms with Crippen molar-refractivity contribution in [1.82, 2.24) is 0 Å². The summed E-state index contributed by atoms with van der Waals surface area (Å²) in [5, 5.41) is 36.4. The van der Waals surface area contributed by atoms with Crippen LogP contribution >= 0.6 is 0 Å². The van der Waals surface area contributed by atoms with Gasteiger partial charge in [0.15, 0.2) is 6.29 Å². The lowest BCUT2D eigenvalue weighted by Crippen LogP contribution is -2.59. The normalized spacial score (nSPS) is 46.4. The Morgan fingerprint density at radius 3 is 2.31 bits per heavy atom. The molecule has 78 valence electrons. The van der Waals surface area contributed by atoms with Crippen LogP contribution in [0.4, 0.5) is 0 Å². The maximum absolute atomic E-state index is 9.38. The summed E-state index contributed by atoms with van der Waals surface area (Å²) in [5.41, 5.74) is 0. The van der Waals surface area contributed by atoms with E-state index in [2.05, 4.69) is 0 Å². The minimum atomic E-state index is -1.49. The molecule has 0 aromatic heterocycles. The van der Waals surface area contributed by atoms with E-state index in [0.717, 1.165) is 0 Å². The first-order chi connectivity index (χ1) is 6.11. The standard InChI is InChI=1S/C7H14O6/c1-12-6-3(2-8)13-7(11)5(10)4(6)9/h3-11H,2H2,1H3/t3?,4-,5?,6-,7+/m0/s1. The molecule has 5 atom stereocenters. The smallest absolute Gasteiger partial charge is 0.184 e. The number of aliphatic hydroxyl groups excluding tert-OH is 4. The van der Waals surface area contributed by atoms with Crippen LogP contribution in [-0.2, 0) is 9.47 Å². The first-order valence-corrected chi connectivity index (χ1v) is 3.95. The van der Waals surface area contributed by atoms with Gasteiger partial charge in [-0.25, -0.2) is 0 Å². The summed E-state index contributed by atoms with van der Waals surface area (Å²) in [7, 11) is 1.32. The molecular formula is C7H14O6. The summed E-state index contributed by atoms with van der Waals surface area (Å²) in [6.07, 6.45) is -5.81. The van der Waals surface area contributed by atoms with E-state index in [1.807, 2.05) is 0 Å². The lowest BCUT2D eigenvalue weighted by Gasteiger charge is -2.39. The highest BCUT2D eigenvalue weighted by atomic mass is 16.6. The zero-order valence-electron chi connectivity index (χ0n) is 7.20. The molecule has 0 aromatic carbocycles. The molecule has 1 saturated heterocycles. The van der Waals surface area contributed by atoms with E-state index < -0.39 is 30.7 Å². The highest BCUT2D eigenvalue weighted by molar-refractivity contribution is 4.89. The van der Waals surface area contributed by atoms with Crippen LogP contribution < -0.4 is 0 Å². The largest absolute Gasteiger partial charge is 0.394 e. The van der Waals surface area contributed by atoms with Gasteiger partial charge in [-0.05, 0) is 0 Å². The van der Waals surface area contributed by atoms with Crippen LogP contribution in [-0.4, -0.2) is 64.8 Å². The molecule has 0 aromatic rings. The third kappa shape index (κ3) is 1.98. The zero-order valence-corrected chi connectivity index (χ0v) is 7.20. The molecule has 0 amide bonds. The van der Waals surface area contributed by atoms with Gasteiger partial charge < -0.3 is 29.9 Å². The summed E-state index contributed by atoms with van der Waals surface area (Å²) in [6.45, 7) is -0.390. The van der Waals surface area contributed by atoms with Crippen molar-refractivity contribution in [2.45, 2.75) is 30.7 Å². The van der Waals surface area contributed by atoms with E-state index in [0.29, 0.717) is 0 Å². The molecule has 2 unspecified atom stereocenters. The molecule has 1 aliphatic heterocycles. The Balaban J connectivity index is 2.69. The summed E-state index contributed by atoms with van der Waals surface area (Å²) >= 11 is 0. The molecule has 0 spiro atoms. The summed E-state index contributed by atoms with van der Waals surface area (Å²) in [4.78, 5) is 0. The van der Waals surface area contributed by atoms with E-state index in [1.165, 1.54) is 7.11 Å². The molecule has 0 bridgehead atoms. The average molecular weight is 194 g/mol. The van der Waals surface area contributed by atoms with Gasteiger partial charge in [-0.3, -0.25) is 0 Å². The number of hydrogen-bond acceptors (Lipinski definition) is 6. The number of methoxy groups -OCH3 is 1. The van der Waals surface area contributed by atoms with Gasteiger partial charge in [0.05, 0.1) is 6.61 Å². The van der Waals surface area contributed by atoms with E-state index in [1.54, 1.807) is 0 Å². The second kappa shape index (κ2) is 4.32. The summed E-state index contributed by atoms with van der Waals surface area (Å²) in [5.74, 6) is 0. The van der Waals surface area contributed by atoms with E-state index in [-0.39, 0.29) is 6.61 Å². The third-order valence-corrected chi connectivity index (χ3v) is 2.11. The first kappa shape index (κ1) is 10.8. The second-order valence-electron chi connectivity index (χ2n) is 2.93. The van der Waals surface area contributed by atoms with Crippen LogP contribution in [0, 0.1) is 0 Å². The Hall–Kier alpha value is -0.240. The molecule has 0 aliphatic carbocycles. The number of aliphatic hydroxyl groups is 4. The average Bonchev–Trinajstić information content (AvgIpc) is 2.13. The molecule has 1 fully saturated rings. The van der Waals surface area contributed by atoms with Gasteiger partial charge in [0.1, 0.15) is 24.4 Å². The van der Waals surface area contributed by atoms with E-state index in [9.17, 15) is 10.2 Å². The van der Waals surface area contributed by atoms with Gasteiger partial charge in [0, 0.05) is 7.11 Å². The molecule has 4 N–H and O–H groups in total. The molecule has 6 heteroatoms. The van der Waals surface area contributed by atoms with Crippen LogP contribution in [0.3, 0.4) is 0 Å². The molecule has 13 heavy (non-hydrogen) atoms. The van der Waals surface area contributed by atoms with Crippen LogP contribution in [0.1, 0.15) is 0 Å². The minimum absolute atomic E-state index is 0.390. The van der Waals surface area contributed by atoms with Crippen molar-refractivity contribution in [3.63, 3.8) is 0 Å². The Labute approximate surface area is 75.3 Å². The van der Waals surface area contributed by atoms with E-state index in [4.69, 9.17) is 19.7 Å². The highest BCUT2D eigenvalue weighted by Crippen LogP contribution is 2.21. The van der Waals surface area contributed by atoms with Gasteiger partial charge in [0.25, 0.3) is 0 Å². The Bertz CT molecular complexity index is 161. The van der Waals surface area contributed by atoms with Crippen molar-refractivity contribution < 1.29 is 29.9 Å². The maximum atomic E-state index is 9.38. The summed E-state index contributed by atoms with van der Waals surface area (Å²) < 4.78 is 9.61. The van der Waals surface area contributed by atoms with E-state index >= 15 is 0 Å². The van der Waals surface area contributed by atoms with Gasteiger partial charge in [-0.15, -0.1) is 0 Å². The molecule has 1 aliphatic rings. The van der Waals surface area contributed by atoms with Crippen molar-refractivity contribution in [3.05, 3.63) is 0 Å². The fourth-order valence-electron chi connectivity index (χ4n) is 1.36. The molecule has 1 heterocycles. The lowest BCUT2D eigenvalue weighted by atomic mass is 9.99. The van der Waals surface area contributed by atoms with Crippen LogP contribution in [0.25, 0.3) is 0 Å².